The second-order valence-corrected chi connectivity index (χ2v) is 13.8. The van der Waals surface area contributed by atoms with E-state index in [9.17, 15) is 28.2 Å². The molecule has 2 aliphatic rings. The molecule has 1 aromatic carbocycles. The van der Waals surface area contributed by atoms with Gasteiger partial charge in [-0.25, -0.2) is 19.2 Å². The SMILES string of the molecule is CCC1c2c(ncnc2N2CCN(C(=O)[C@H](NC(=O)O)C(c3ccc(Cl)c(F)c3)C(C)(C)C)CC2)CS1(O)O. The summed E-state index contributed by atoms with van der Waals surface area (Å²) in [5.41, 5.74) is 1.25. The van der Waals surface area contributed by atoms with E-state index in [4.69, 9.17) is 11.6 Å². The molecule has 3 heterocycles. The highest BCUT2D eigenvalue weighted by Gasteiger charge is 2.43. The van der Waals surface area contributed by atoms with Crippen LogP contribution in [0.1, 0.15) is 62.1 Å². The largest absolute Gasteiger partial charge is 0.465 e. The summed E-state index contributed by atoms with van der Waals surface area (Å²) in [5, 5.41) is 11.5. The molecule has 1 aromatic heterocycles. The number of carbonyl (C=O) groups is 2. The number of anilines is 1. The van der Waals surface area contributed by atoms with Gasteiger partial charge in [-0.05, 0) is 29.5 Å². The van der Waals surface area contributed by atoms with Crippen LogP contribution in [-0.4, -0.2) is 73.3 Å². The molecular weight excluding hydrogens is 549 g/mol. The van der Waals surface area contributed by atoms with Crippen molar-refractivity contribution in [1.82, 2.24) is 20.2 Å². The zero-order valence-corrected chi connectivity index (χ0v) is 24.0. The Kier molecular flexibility index (Phi) is 8.32. The first-order valence-electron chi connectivity index (χ1n) is 12.8. The number of nitrogens with zero attached hydrogens (tertiary/aromatic N) is 4. The summed E-state index contributed by atoms with van der Waals surface area (Å²) in [5.74, 6) is -0.970. The Labute approximate surface area is 233 Å². The van der Waals surface area contributed by atoms with Crippen molar-refractivity contribution >= 4 is 40.0 Å². The monoisotopic (exact) mass is 583 g/mol. The van der Waals surface area contributed by atoms with Gasteiger partial charge >= 0.3 is 6.09 Å². The molecule has 4 rings (SSSR count). The van der Waals surface area contributed by atoms with Crippen molar-refractivity contribution in [2.45, 2.75) is 57.1 Å². The molecule has 2 unspecified atom stereocenters. The molecule has 0 radical (unpaired) electrons. The highest BCUT2D eigenvalue weighted by molar-refractivity contribution is 8.24. The number of amides is 2. The summed E-state index contributed by atoms with van der Waals surface area (Å²) in [6.45, 7) is 8.95. The van der Waals surface area contributed by atoms with Crippen LogP contribution in [0, 0.1) is 11.2 Å². The van der Waals surface area contributed by atoms with Crippen LogP contribution < -0.4 is 10.2 Å². The fourth-order valence-electron chi connectivity index (χ4n) is 5.73. The van der Waals surface area contributed by atoms with Crippen molar-refractivity contribution in [3.63, 3.8) is 0 Å². The van der Waals surface area contributed by atoms with E-state index in [1.165, 1.54) is 18.5 Å². The van der Waals surface area contributed by atoms with Gasteiger partial charge < -0.3 is 20.2 Å². The van der Waals surface area contributed by atoms with Gasteiger partial charge in [-0.15, -0.1) is 0 Å². The van der Waals surface area contributed by atoms with E-state index in [0.717, 1.165) is 5.56 Å². The smallest absolute Gasteiger partial charge is 0.405 e. The third kappa shape index (κ3) is 5.93. The Morgan fingerprint density at radius 1 is 1.21 bits per heavy atom. The highest BCUT2D eigenvalue weighted by Crippen LogP contribution is 2.64. The predicted octanol–water partition coefficient (Wildman–Crippen LogP) is 5.10. The minimum Gasteiger partial charge on any atom is -0.465 e. The van der Waals surface area contributed by atoms with E-state index < -0.39 is 51.0 Å². The molecule has 3 atom stereocenters. The van der Waals surface area contributed by atoms with Crippen molar-refractivity contribution < 1.29 is 28.2 Å². The van der Waals surface area contributed by atoms with Crippen LogP contribution in [0.25, 0.3) is 0 Å². The fourth-order valence-corrected chi connectivity index (χ4v) is 7.84. The summed E-state index contributed by atoms with van der Waals surface area (Å²) in [7, 11) is -2.85. The number of aromatic nitrogens is 2. The molecule has 1 fully saturated rings. The lowest BCUT2D eigenvalue weighted by Crippen LogP contribution is -2.58. The van der Waals surface area contributed by atoms with Gasteiger partial charge in [0.15, 0.2) is 0 Å². The first-order chi connectivity index (χ1) is 18.2. The van der Waals surface area contributed by atoms with E-state index in [0.29, 0.717) is 49.7 Å². The minimum atomic E-state index is -2.85. The summed E-state index contributed by atoms with van der Waals surface area (Å²) >= 11 is 5.88. The Balaban J connectivity index is 1.58. The Hall–Kier alpha value is -2.67. The second kappa shape index (κ2) is 11.1. The van der Waals surface area contributed by atoms with Gasteiger partial charge in [0.1, 0.15) is 24.0 Å². The molecular formula is C26H35ClFN5O5S. The third-order valence-electron chi connectivity index (χ3n) is 7.45. The van der Waals surface area contributed by atoms with Crippen molar-refractivity contribution in [3.8, 4) is 0 Å². The normalized spacial score (nSPS) is 21.2. The zero-order chi connectivity index (χ0) is 28.7. The van der Waals surface area contributed by atoms with E-state index in [2.05, 4.69) is 15.3 Å². The summed E-state index contributed by atoms with van der Waals surface area (Å²) in [6.07, 6.45) is 0.610. The topological polar surface area (TPSA) is 139 Å². The number of benzene rings is 1. The van der Waals surface area contributed by atoms with Crippen molar-refractivity contribution in [1.29, 1.82) is 0 Å². The number of halogens is 2. The van der Waals surface area contributed by atoms with Crippen LogP contribution in [0.3, 0.4) is 0 Å². The molecule has 2 aromatic rings. The van der Waals surface area contributed by atoms with Crippen LogP contribution in [0.4, 0.5) is 15.0 Å². The van der Waals surface area contributed by atoms with Crippen LogP contribution in [-0.2, 0) is 10.5 Å². The first-order valence-corrected chi connectivity index (χ1v) is 15.0. The predicted molar refractivity (Wildman–Crippen MR) is 149 cm³/mol. The molecule has 4 N–H and O–H groups in total. The quantitative estimate of drug-likeness (QED) is 0.368. The number of hydrogen-bond acceptors (Lipinski definition) is 7. The number of hydrogen-bond donors (Lipinski definition) is 4. The Bertz CT molecular complexity index is 1250. The number of carbonyl (C=O) groups excluding carboxylic acids is 1. The van der Waals surface area contributed by atoms with Gasteiger partial charge in [0.2, 0.25) is 5.91 Å². The summed E-state index contributed by atoms with van der Waals surface area (Å²) < 4.78 is 35.6. The molecule has 2 amide bonds. The number of fused-ring (bicyclic) bond motifs is 1. The minimum absolute atomic E-state index is 0.0562. The average Bonchev–Trinajstić information content (AvgIpc) is 3.13. The molecule has 39 heavy (non-hydrogen) atoms. The number of rotatable bonds is 6. The fraction of sp³-hybridized carbons (Fsp3) is 0.538. The molecule has 1 saturated heterocycles. The lowest BCUT2D eigenvalue weighted by molar-refractivity contribution is -0.135. The van der Waals surface area contributed by atoms with Gasteiger partial charge in [0, 0.05) is 37.7 Å². The van der Waals surface area contributed by atoms with E-state index in [1.807, 2.05) is 32.6 Å². The number of piperazine rings is 1. The molecule has 10 nitrogen and oxygen atoms in total. The van der Waals surface area contributed by atoms with Gasteiger partial charge in [-0.1, -0.05) is 45.4 Å². The van der Waals surface area contributed by atoms with Crippen molar-refractivity contribution in [3.05, 3.63) is 52.2 Å². The van der Waals surface area contributed by atoms with Gasteiger partial charge in [-0.2, -0.15) is 10.6 Å². The van der Waals surface area contributed by atoms with E-state index >= 15 is 0 Å². The molecule has 0 spiro atoms. The van der Waals surface area contributed by atoms with Crippen LogP contribution in [0.5, 0.6) is 0 Å². The highest BCUT2D eigenvalue weighted by atomic mass is 35.5. The van der Waals surface area contributed by atoms with Gasteiger partial charge in [-0.3, -0.25) is 13.9 Å². The zero-order valence-electron chi connectivity index (χ0n) is 22.4. The van der Waals surface area contributed by atoms with Crippen LogP contribution >= 0.6 is 22.2 Å². The molecule has 2 aliphatic heterocycles. The average molecular weight is 584 g/mol. The maximum absolute atomic E-state index is 14.4. The van der Waals surface area contributed by atoms with Crippen molar-refractivity contribution in [2.24, 2.45) is 5.41 Å². The van der Waals surface area contributed by atoms with Crippen molar-refractivity contribution in [2.75, 3.05) is 31.1 Å². The van der Waals surface area contributed by atoms with Gasteiger partial charge in [0.05, 0.1) is 21.7 Å². The van der Waals surface area contributed by atoms with E-state index in [-0.39, 0.29) is 10.8 Å². The number of carboxylic acid groups (broad SMARTS) is 1. The number of nitrogens with one attached hydrogen (secondary N) is 1. The second-order valence-electron chi connectivity index (χ2n) is 11.1. The molecule has 0 saturated carbocycles. The molecule has 214 valence electrons. The van der Waals surface area contributed by atoms with Gasteiger partial charge in [0.25, 0.3) is 0 Å². The molecule has 13 heteroatoms. The lowest BCUT2D eigenvalue weighted by atomic mass is 9.71. The van der Waals surface area contributed by atoms with E-state index in [1.54, 1.807) is 11.0 Å². The first kappa shape index (κ1) is 29.3. The standard InChI is InChI=1S/C26H35ClFN5O5S/c1-5-19-20-18(13-39(19,37)38)29-14-30-23(20)32-8-10-33(11-9-32)24(34)22(31-25(35)36)21(26(2,3)4)15-6-7-16(27)17(28)12-15/h6-7,12,14,19,21-22,31,37-38H,5,8-11,13H2,1-4H3,(H,35,36)/t19?,21?,22-/m1/s1. The summed E-state index contributed by atoms with van der Waals surface area (Å²) in [4.78, 5) is 38.0. The summed E-state index contributed by atoms with van der Waals surface area (Å²) in [6, 6.07) is 3.12. The van der Waals surface area contributed by atoms with Crippen LogP contribution in [0.15, 0.2) is 24.5 Å². The molecule has 0 aliphatic carbocycles. The Morgan fingerprint density at radius 2 is 1.87 bits per heavy atom. The van der Waals surface area contributed by atoms with Crippen LogP contribution in [0.2, 0.25) is 5.02 Å². The lowest BCUT2D eigenvalue weighted by Gasteiger charge is -2.42. The maximum atomic E-state index is 14.4. The maximum Gasteiger partial charge on any atom is 0.405 e. The molecule has 0 bridgehead atoms. The Morgan fingerprint density at radius 3 is 2.44 bits per heavy atom. The third-order valence-corrected chi connectivity index (χ3v) is 9.93.